The molecular formula is C2F2KN3O2S. The zero-order chi connectivity index (χ0) is 7.78. The fraction of sp³-hybridized carbons (Fsp3) is 0. The van der Waals surface area contributed by atoms with Crippen molar-refractivity contribution in [2.75, 3.05) is 0 Å². The van der Waals surface area contributed by atoms with Gasteiger partial charge in [0.2, 0.25) is 0 Å². The molecule has 11 heavy (non-hydrogen) atoms. The SMILES string of the molecule is O=S(=O)(F)c1nnc(F)[n-]1.[K+]. The number of rotatable bonds is 1. The normalized spacial score (nSPS) is 10.7. The van der Waals surface area contributed by atoms with Crippen molar-refractivity contribution in [3.63, 3.8) is 0 Å². The Morgan fingerprint density at radius 1 is 1.36 bits per heavy atom. The average Bonchev–Trinajstić information content (AvgIpc) is 2.11. The number of nitrogens with zero attached hydrogens (tertiary/aromatic N) is 3. The van der Waals surface area contributed by atoms with Crippen molar-refractivity contribution in [3.05, 3.63) is 6.08 Å². The molecule has 0 aliphatic rings. The van der Waals surface area contributed by atoms with Crippen LogP contribution in [0, 0.1) is 6.08 Å². The average molecular weight is 207 g/mol. The Labute approximate surface area is 103 Å². The second kappa shape index (κ2) is 4.00. The van der Waals surface area contributed by atoms with Gasteiger partial charge in [0.05, 0.1) is 0 Å². The Balaban J connectivity index is 0.000001000. The Kier molecular flexibility index (Phi) is 4.22. The number of hydrogen-bond acceptors (Lipinski definition) is 4. The minimum Gasteiger partial charge on any atom is -0.334 e. The topological polar surface area (TPSA) is 74.0 Å². The molecular weight excluding hydrogens is 207 g/mol. The van der Waals surface area contributed by atoms with E-state index >= 15 is 0 Å². The molecule has 1 heterocycles. The first kappa shape index (κ1) is 11.6. The van der Waals surface area contributed by atoms with Crippen molar-refractivity contribution in [1.29, 1.82) is 0 Å². The van der Waals surface area contributed by atoms with E-state index < -0.39 is 21.5 Å². The van der Waals surface area contributed by atoms with Crippen molar-refractivity contribution in [2.24, 2.45) is 0 Å². The molecule has 0 unspecified atom stereocenters. The molecule has 0 aliphatic heterocycles. The Morgan fingerprint density at radius 3 is 2.09 bits per heavy atom. The minimum atomic E-state index is -5.01. The summed E-state index contributed by atoms with van der Waals surface area (Å²) in [6.45, 7) is 0. The van der Waals surface area contributed by atoms with Gasteiger partial charge in [-0.2, -0.15) is 12.8 Å². The molecule has 0 spiro atoms. The summed E-state index contributed by atoms with van der Waals surface area (Å²) in [5.41, 5.74) is 0. The van der Waals surface area contributed by atoms with Gasteiger partial charge < -0.3 is 15.2 Å². The molecule has 1 aromatic heterocycles. The van der Waals surface area contributed by atoms with Gasteiger partial charge in [0, 0.05) is 0 Å². The van der Waals surface area contributed by atoms with Crippen molar-refractivity contribution in [2.45, 2.75) is 5.16 Å². The van der Waals surface area contributed by atoms with Gasteiger partial charge in [-0.1, -0.05) is 3.89 Å². The van der Waals surface area contributed by atoms with E-state index in [-0.39, 0.29) is 51.4 Å². The van der Waals surface area contributed by atoms with Crippen LogP contribution in [0.3, 0.4) is 0 Å². The fourth-order valence-electron chi connectivity index (χ4n) is 0.311. The van der Waals surface area contributed by atoms with Crippen molar-refractivity contribution in [3.8, 4) is 0 Å². The zero-order valence-electron chi connectivity index (χ0n) is 5.32. The van der Waals surface area contributed by atoms with Gasteiger partial charge in [0.1, 0.15) is 5.16 Å². The molecule has 0 amide bonds. The summed E-state index contributed by atoms with van der Waals surface area (Å²) in [5, 5.41) is 3.88. The third-order valence-corrected chi connectivity index (χ3v) is 1.23. The number of halogens is 2. The minimum absolute atomic E-state index is 0. The van der Waals surface area contributed by atoms with Gasteiger partial charge in [0.25, 0.3) is 0 Å². The standard InChI is InChI=1S/C2F2N3O2S.K/c3-1-5-2(7-6-1)10(4,8)9;/q-1;+1. The maximum atomic E-state index is 11.8. The van der Waals surface area contributed by atoms with E-state index in [2.05, 4.69) is 15.2 Å². The van der Waals surface area contributed by atoms with Crippen LogP contribution in [-0.4, -0.2) is 18.6 Å². The second-order valence-electron chi connectivity index (χ2n) is 1.30. The van der Waals surface area contributed by atoms with Gasteiger partial charge in [-0.15, -0.1) is 0 Å². The van der Waals surface area contributed by atoms with Crippen LogP contribution in [0.4, 0.5) is 8.28 Å². The summed E-state index contributed by atoms with van der Waals surface area (Å²) >= 11 is 0. The second-order valence-corrected chi connectivity index (χ2v) is 2.54. The molecule has 5 nitrogen and oxygen atoms in total. The molecule has 0 fully saturated rings. The van der Waals surface area contributed by atoms with E-state index in [4.69, 9.17) is 0 Å². The van der Waals surface area contributed by atoms with E-state index in [1.807, 2.05) is 0 Å². The monoisotopic (exact) mass is 207 g/mol. The van der Waals surface area contributed by atoms with Gasteiger partial charge >= 0.3 is 61.6 Å². The maximum Gasteiger partial charge on any atom is 1.00 e. The summed E-state index contributed by atoms with van der Waals surface area (Å²) in [4.78, 5) is 2.53. The molecule has 0 saturated heterocycles. The molecule has 0 saturated carbocycles. The molecule has 0 atom stereocenters. The van der Waals surface area contributed by atoms with Gasteiger partial charge in [0.15, 0.2) is 6.08 Å². The van der Waals surface area contributed by atoms with E-state index in [0.29, 0.717) is 0 Å². The van der Waals surface area contributed by atoms with E-state index in [1.54, 1.807) is 0 Å². The summed E-state index contributed by atoms with van der Waals surface area (Å²) < 4.78 is 43.2. The third kappa shape index (κ3) is 3.21. The predicted octanol–water partition coefficient (Wildman–Crippen LogP) is -3.76. The van der Waals surface area contributed by atoms with Crippen LogP contribution in [0.25, 0.3) is 0 Å². The van der Waals surface area contributed by atoms with Crippen LogP contribution in [0.5, 0.6) is 0 Å². The summed E-state index contributed by atoms with van der Waals surface area (Å²) in [6.07, 6.45) is -1.36. The summed E-state index contributed by atoms with van der Waals surface area (Å²) in [5.74, 6) is 0. The first-order valence-electron chi connectivity index (χ1n) is 1.98. The summed E-state index contributed by atoms with van der Waals surface area (Å²) in [6, 6.07) is 0. The van der Waals surface area contributed by atoms with Crippen LogP contribution < -0.4 is 56.4 Å². The first-order chi connectivity index (χ1) is 4.50. The predicted molar refractivity (Wildman–Crippen MR) is 23.6 cm³/mol. The van der Waals surface area contributed by atoms with Gasteiger partial charge in [-0.05, 0) is 0 Å². The summed E-state index contributed by atoms with van der Waals surface area (Å²) in [7, 11) is -5.01. The Morgan fingerprint density at radius 2 is 1.91 bits per heavy atom. The zero-order valence-corrected chi connectivity index (χ0v) is 9.26. The van der Waals surface area contributed by atoms with Crippen LogP contribution in [-0.2, 0) is 10.2 Å². The molecule has 0 N–H and O–H groups in total. The molecule has 56 valence electrons. The van der Waals surface area contributed by atoms with E-state index in [0.717, 1.165) is 0 Å². The fourth-order valence-corrected chi connectivity index (χ4v) is 0.634. The van der Waals surface area contributed by atoms with Crippen molar-refractivity contribution in [1.82, 2.24) is 15.2 Å². The quantitative estimate of drug-likeness (QED) is 0.349. The number of hydrogen-bond donors (Lipinski definition) is 0. The molecule has 9 heteroatoms. The molecule has 0 aromatic carbocycles. The van der Waals surface area contributed by atoms with E-state index in [1.165, 1.54) is 0 Å². The molecule has 0 aliphatic carbocycles. The van der Waals surface area contributed by atoms with Crippen LogP contribution in [0.15, 0.2) is 5.16 Å². The smallest absolute Gasteiger partial charge is 0.334 e. The maximum absolute atomic E-state index is 11.8. The van der Waals surface area contributed by atoms with E-state index in [9.17, 15) is 16.7 Å². The van der Waals surface area contributed by atoms with Crippen LogP contribution >= 0.6 is 0 Å². The van der Waals surface area contributed by atoms with Crippen LogP contribution in [0.1, 0.15) is 0 Å². The van der Waals surface area contributed by atoms with Crippen molar-refractivity contribution < 1.29 is 68.1 Å². The molecule has 0 radical (unpaired) electrons. The largest absolute Gasteiger partial charge is 1.00 e. The van der Waals surface area contributed by atoms with Gasteiger partial charge in [-0.25, -0.2) is 0 Å². The molecule has 1 aromatic rings. The van der Waals surface area contributed by atoms with Gasteiger partial charge in [-0.3, -0.25) is 0 Å². The molecule has 1 rings (SSSR count). The Hall–Kier alpha value is 0.586. The Bertz CT molecular complexity index is 335. The number of aromatic nitrogens is 3. The first-order valence-corrected chi connectivity index (χ1v) is 3.36. The third-order valence-electron chi connectivity index (χ3n) is 0.624. The molecule has 0 bridgehead atoms. The van der Waals surface area contributed by atoms with Crippen molar-refractivity contribution >= 4 is 10.2 Å². The van der Waals surface area contributed by atoms with Crippen LogP contribution in [0.2, 0.25) is 0 Å².